The second-order valence-electron chi connectivity index (χ2n) is 4.56. The van der Waals surface area contributed by atoms with Gasteiger partial charge in [0.1, 0.15) is 6.04 Å². The summed E-state index contributed by atoms with van der Waals surface area (Å²) in [7, 11) is 0. The van der Waals surface area contributed by atoms with Gasteiger partial charge in [-0.05, 0) is 22.9 Å². The maximum atomic E-state index is 11.8. The minimum atomic E-state index is -1.18. The summed E-state index contributed by atoms with van der Waals surface area (Å²) in [5.74, 6) is -1.18. The smallest absolute Gasteiger partial charge is 0.326 e. The van der Waals surface area contributed by atoms with Crippen molar-refractivity contribution in [2.24, 2.45) is 0 Å². The molecule has 21 heavy (non-hydrogen) atoms. The molecule has 2 rings (SSSR count). The van der Waals surface area contributed by atoms with Gasteiger partial charge in [0, 0.05) is 18.7 Å². The molecule has 4 N–H and O–H groups in total. The monoisotopic (exact) mass is 288 g/mol. The summed E-state index contributed by atoms with van der Waals surface area (Å²) in [6, 6.07) is 11.4. The molecule has 0 bridgehead atoms. The van der Waals surface area contributed by atoms with Crippen LogP contribution in [0.1, 0.15) is 6.42 Å². The molecular formula is C15H16N2O4. The zero-order chi connectivity index (χ0) is 15.2. The molecule has 6 heteroatoms. The van der Waals surface area contributed by atoms with Crippen LogP contribution in [0.5, 0.6) is 0 Å². The zero-order valence-corrected chi connectivity index (χ0v) is 11.2. The average Bonchev–Trinajstić information content (AvgIpc) is 2.46. The van der Waals surface area contributed by atoms with Crippen molar-refractivity contribution in [3.8, 4) is 0 Å². The van der Waals surface area contributed by atoms with E-state index in [0.717, 1.165) is 10.8 Å². The summed E-state index contributed by atoms with van der Waals surface area (Å²) >= 11 is 0. The number of rotatable bonds is 5. The van der Waals surface area contributed by atoms with Crippen molar-refractivity contribution in [2.75, 3.05) is 11.9 Å². The highest BCUT2D eigenvalue weighted by Gasteiger charge is 2.19. The number of carbonyl (C=O) groups is 2. The molecule has 0 aliphatic heterocycles. The first-order valence-corrected chi connectivity index (χ1v) is 6.50. The lowest BCUT2D eigenvalue weighted by atomic mass is 10.1. The molecule has 0 heterocycles. The highest BCUT2D eigenvalue weighted by Crippen LogP contribution is 2.18. The Morgan fingerprint density at radius 2 is 1.81 bits per heavy atom. The molecule has 1 atom stereocenters. The predicted molar refractivity (Wildman–Crippen MR) is 79.2 cm³/mol. The lowest BCUT2D eigenvalue weighted by Gasteiger charge is -2.14. The van der Waals surface area contributed by atoms with Gasteiger partial charge in [-0.2, -0.15) is 0 Å². The molecule has 0 aliphatic carbocycles. The SMILES string of the molecule is O=C(Nc1ccc2ccccc2c1)NC(CCO)C(=O)O. The quantitative estimate of drug-likeness (QED) is 0.674. The fraction of sp³-hybridized carbons (Fsp3) is 0.200. The van der Waals surface area contributed by atoms with Gasteiger partial charge in [0.2, 0.25) is 0 Å². The van der Waals surface area contributed by atoms with Gasteiger partial charge in [0.15, 0.2) is 0 Å². The topological polar surface area (TPSA) is 98.7 Å². The second-order valence-corrected chi connectivity index (χ2v) is 4.56. The standard InChI is InChI=1S/C15H16N2O4/c18-8-7-13(14(19)20)17-15(21)16-12-6-5-10-3-1-2-4-11(10)9-12/h1-6,9,13,18H,7-8H2,(H,19,20)(H2,16,17,21). The Hall–Kier alpha value is -2.60. The summed E-state index contributed by atoms with van der Waals surface area (Å²) in [6.07, 6.45) is -0.0412. The third-order valence-corrected chi connectivity index (χ3v) is 3.03. The van der Waals surface area contributed by atoms with Crippen LogP contribution < -0.4 is 10.6 Å². The van der Waals surface area contributed by atoms with E-state index in [1.165, 1.54) is 0 Å². The maximum Gasteiger partial charge on any atom is 0.326 e. The number of nitrogens with one attached hydrogen (secondary N) is 2. The number of aliphatic carboxylic acids is 1. The number of hydrogen-bond donors (Lipinski definition) is 4. The molecule has 0 aliphatic rings. The fourth-order valence-corrected chi connectivity index (χ4v) is 1.98. The first-order chi connectivity index (χ1) is 10.1. The number of benzene rings is 2. The lowest BCUT2D eigenvalue weighted by Crippen LogP contribution is -2.43. The van der Waals surface area contributed by atoms with Gasteiger partial charge in [-0.1, -0.05) is 30.3 Å². The molecule has 2 aromatic carbocycles. The van der Waals surface area contributed by atoms with Crippen LogP contribution in [0.15, 0.2) is 42.5 Å². The third-order valence-electron chi connectivity index (χ3n) is 3.03. The lowest BCUT2D eigenvalue weighted by molar-refractivity contribution is -0.139. The molecule has 0 fully saturated rings. The van der Waals surface area contributed by atoms with Crippen LogP contribution in [0.2, 0.25) is 0 Å². The van der Waals surface area contributed by atoms with E-state index in [4.69, 9.17) is 10.2 Å². The average molecular weight is 288 g/mol. The van der Waals surface area contributed by atoms with Crippen molar-refractivity contribution in [1.82, 2.24) is 5.32 Å². The second kappa shape index (κ2) is 6.71. The molecule has 2 aromatic rings. The number of hydrogen-bond acceptors (Lipinski definition) is 3. The normalized spacial score (nSPS) is 11.9. The van der Waals surface area contributed by atoms with Crippen LogP contribution in [0.4, 0.5) is 10.5 Å². The van der Waals surface area contributed by atoms with Crippen LogP contribution in [0.25, 0.3) is 10.8 Å². The molecular weight excluding hydrogens is 272 g/mol. The van der Waals surface area contributed by atoms with Gasteiger partial charge < -0.3 is 20.8 Å². The van der Waals surface area contributed by atoms with Gasteiger partial charge in [-0.3, -0.25) is 0 Å². The van der Waals surface area contributed by atoms with Crippen molar-refractivity contribution in [1.29, 1.82) is 0 Å². The van der Waals surface area contributed by atoms with Gasteiger partial charge in [0.25, 0.3) is 0 Å². The Morgan fingerprint density at radius 1 is 1.10 bits per heavy atom. The number of amides is 2. The van der Waals surface area contributed by atoms with Crippen LogP contribution in [0.3, 0.4) is 0 Å². The highest BCUT2D eigenvalue weighted by molar-refractivity contribution is 5.95. The minimum absolute atomic E-state index is 0.0412. The molecule has 1 unspecified atom stereocenters. The van der Waals surface area contributed by atoms with E-state index >= 15 is 0 Å². The fourth-order valence-electron chi connectivity index (χ4n) is 1.98. The number of carboxylic acids is 1. The molecule has 0 aromatic heterocycles. The van der Waals surface area contributed by atoms with Crippen LogP contribution in [0, 0.1) is 0 Å². The highest BCUT2D eigenvalue weighted by atomic mass is 16.4. The molecule has 0 saturated carbocycles. The number of aliphatic hydroxyl groups excluding tert-OH is 1. The van der Waals surface area contributed by atoms with E-state index in [1.807, 2.05) is 30.3 Å². The van der Waals surface area contributed by atoms with Gasteiger partial charge in [-0.25, -0.2) is 9.59 Å². The van der Waals surface area contributed by atoms with Gasteiger partial charge in [0.05, 0.1) is 0 Å². The number of carbonyl (C=O) groups excluding carboxylic acids is 1. The molecule has 110 valence electrons. The van der Waals surface area contributed by atoms with Crippen molar-refractivity contribution in [3.63, 3.8) is 0 Å². The van der Waals surface area contributed by atoms with E-state index in [-0.39, 0.29) is 13.0 Å². The molecule has 6 nitrogen and oxygen atoms in total. The zero-order valence-electron chi connectivity index (χ0n) is 11.2. The summed E-state index contributed by atoms with van der Waals surface area (Å²) in [5.41, 5.74) is 0.569. The summed E-state index contributed by atoms with van der Waals surface area (Å²) in [4.78, 5) is 22.7. The van der Waals surface area contributed by atoms with Crippen molar-refractivity contribution in [2.45, 2.75) is 12.5 Å². The first kappa shape index (κ1) is 14.8. The van der Waals surface area contributed by atoms with Crippen molar-refractivity contribution in [3.05, 3.63) is 42.5 Å². The number of fused-ring (bicyclic) bond motifs is 1. The Bertz CT molecular complexity index is 657. The minimum Gasteiger partial charge on any atom is -0.480 e. The number of anilines is 1. The van der Waals surface area contributed by atoms with E-state index < -0.39 is 18.0 Å². The van der Waals surface area contributed by atoms with E-state index in [1.54, 1.807) is 12.1 Å². The third kappa shape index (κ3) is 3.93. The molecule has 0 spiro atoms. The van der Waals surface area contributed by atoms with E-state index in [0.29, 0.717) is 5.69 Å². The molecule has 0 saturated heterocycles. The van der Waals surface area contributed by atoms with E-state index in [9.17, 15) is 9.59 Å². The van der Waals surface area contributed by atoms with Crippen LogP contribution in [-0.2, 0) is 4.79 Å². The van der Waals surface area contributed by atoms with Crippen LogP contribution in [-0.4, -0.2) is 34.9 Å². The van der Waals surface area contributed by atoms with Crippen LogP contribution >= 0.6 is 0 Å². The Balaban J connectivity index is 2.05. The number of urea groups is 1. The largest absolute Gasteiger partial charge is 0.480 e. The number of aliphatic hydroxyl groups is 1. The number of carboxylic acid groups (broad SMARTS) is 1. The summed E-state index contributed by atoms with van der Waals surface area (Å²) < 4.78 is 0. The Kier molecular flexibility index (Phi) is 4.73. The Morgan fingerprint density at radius 3 is 2.48 bits per heavy atom. The predicted octanol–water partition coefficient (Wildman–Crippen LogP) is 1.80. The van der Waals surface area contributed by atoms with Gasteiger partial charge >= 0.3 is 12.0 Å². The summed E-state index contributed by atoms with van der Waals surface area (Å²) in [6.45, 7) is -0.312. The van der Waals surface area contributed by atoms with Crippen molar-refractivity contribution >= 4 is 28.5 Å². The Labute approximate surface area is 121 Å². The summed E-state index contributed by atoms with van der Waals surface area (Å²) in [5, 5.41) is 24.6. The molecule has 0 radical (unpaired) electrons. The van der Waals surface area contributed by atoms with E-state index in [2.05, 4.69) is 10.6 Å². The maximum absolute atomic E-state index is 11.8. The van der Waals surface area contributed by atoms with Crippen molar-refractivity contribution < 1.29 is 19.8 Å². The molecule has 2 amide bonds. The van der Waals surface area contributed by atoms with Gasteiger partial charge in [-0.15, -0.1) is 0 Å². The first-order valence-electron chi connectivity index (χ1n) is 6.50.